The minimum Gasteiger partial charge on any atom is -0.341 e. The van der Waals surface area contributed by atoms with Crippen molar-refractivity contribution in [1.29, 1.82) is 0 Å². The maximum Gasteiger partial charge on any atom is 0.228 e. The Balaban J connectivity index is 1.75. The minimum atomic E-state index is -0.413. The molecule has 0 spiro atoms. The molecule has 0 radical (unpaired) electrons. The van der Waals surface area contributed by atoms with E-state index in [-0.39, 0.29) is 23.8 Å². The molecule has 2 unspecified atom stereocenters. The first-order chi connectivity index (χ1) is 12.8. The van der Waals surface area contributed by atoms with Gasteiger partial charge in [-0.15, -0.1) is 0 Å². The third-order valence-corrected chi connectivity index (χ3v) is 5.69. The van der Waals surface area contributed by atoms with Crippen LogP contribution in [0.1, 0.15) is 45.2 Å². The Morgan fingerprint density at radius 1 is 1.22 bits per heavy atom. The van der Waals surface area contributed by atoms with Crippen molar-refractivity contribution in [2.45, 2.75) is 39.7 Å². The molecule has 0 aromatic heterocycles. The van der Waals surface area contributed by atoms with Crippen molar-refractivity contribution in [1.82, 2.24) is 15.1 Å². The lowest BCUT2D eigenvalue weighted by Gasteiger charge is -2.41. The van der Waals surface area contributed by atoms with Gasteiger partial charge in [0.1, 0.15) is 0 Å². The van der Waals surface area contributed by atoms with Gasteiger partial charge in [-0.05, 0) is 30.5 Å². The van der Waals surface area contributed by atoms with Crippen LogP contribution in [-0.2, 0) is 9.59 Å². The number of amides is 2. The smallest absolute Gasteiger partial charge is 0.228 e. The Bertz CT molecular complexity index is 701. The van der Waals surface area contributed by atoms with E-state index in [2.05, 4.69) is 5.32 Å². The molecule has 2 atom stereocenters. The van der Waals surface area contributed by atoms with Gasteiger partial charge in [0.25, 0.3) is 0 Å². The molecule has 2 aliphatic rings. The first-order valence-electron chi connectivity index (χ1n) is 9.83. The highest BCUT2D eigenvalue weighted by Crippen LogP contribution is 2.29. The van der Waals surface area contributed by atoms with Gasteiger partial charge in [-0.3, -0.25) is 9.59 Å². The minimum absolute atomic E-state index is 0.0151. The fourth-order valence-electron chi connectivity index (χ4n) is 4.05. The SMILES string of the molecule is CC(C)(C)C(=O)N1CCCC(C(=O)N2CCNCC2c2cccc(Cl)c2)C1. The number of carbonyl (C=O) groups is 2. The average molecular weight is 392 g/mol. The van der Waals surface area contributed by atoms with Crippen LogP contribution >= 0.6 is 11.6 Å². The van der Waals surface area contributed by atoms with Crippen LogP contribution in [0.2, 0.25) is 5.02 Å². The number of rotatable bonds is 2. The van der Waals surface area contributed by atoms with E-state index in [1.165, 1.54) is 0 Å². The molecule has 1 aromatic rings. The third-order valence-electron chi connectivity index (χ3n) is 5.46. The molecule has 6 heteroatoms. The summed E-state index contributed by atoms with van der Waals surface area (Å²) >= 11 is 6.17. The molecule has 148 valence electrons. The van der Waals surface area contributed by atoms with Crippen molar-refractivity contribution in [3.63, 3.8) is 0 Å². The van der Waals surface area contributed by atoms with Gasteiger partial charge in [-0.1, -0.05) is 44.5 Å². The Hall–Kier alpha value is -1.59. The van der Waals surface area contributed by atoms with Crippen molar-refractivity contribution in [3.8, 4) is 0 Å². The zero-order valence-electron chi connectivity index (χ0n) is 16.5. The molecule has 2 fully saturated rings. The van der Waals surface area contributed by atoms with Gasteiger partial charge in [0.2, 0.25) is 11.8 Å². The van der Waals surface area contributed by atoms with Gasteiger partial charge in [-0.2, -0.15) is 0 Å². The van der Waals surface area contributed by atoms with Gasteiger partial charge < -0.3 is 15.1 Å². The van der Waals surface area contributed by atoms with E-state index >= 15 is 0 Å². The lowest BCUT2D eigenvalue weighted by molar-refractivity contribution is -0.146. The number of benzene rings is 1. The first kappa shape index (κ1) is 20.2. The van der Waals surface area contributed by atoms with Crippen LogP contribution < -0.4 is 5.32 Å². The van der Waals surface area contributed by atoms with Gasteiger partial charge in [0, 0.05) is 43.2 Å². The predicted molar refractivity (Wildman–Crippen MR) is 108 cm³/mol. The Kier molecular flexibility index (Phi) is 6.11. The fourth-order valence-corrected chi connectivity index (χ4v) is 4.25. The summed E-state index contributed by atoms with van der Waals surface area (Å²) in [4.78, 5) is 29.9. The normalized spacial score (nSPS) is 24.0. The summed E-state index contributed by atoms with van der Waals surface area (Å²) in [7, 11) is 0. The van der Waals surface area contributed by atoms with E-state index in [0.29, 0.717) is 18.1 Å². The molecule has 1 aromatic carbocycles. The van der Waals surface area contributed by atoms with Crippen LogP contribution in [0.3, 0.4) is 0 Å². The quantitative estimate of drug-likeness (QED) is 0.842. The second kappa shape index (κ2) is 8.19. The van der Waals surface area contributed by atoms with Crippen molar-refractivity contribution in [3.05, 3.63) is 34.9 Å². The highest BCUT2D eigenvalue weighted by atomic mass is 35.5. The zero-order chi connectivity index (χ0) is 19.6. The molecule has 2 aliphatic heterocycles. The van der Waals surface area contributed by atoms with Crippen LogP contribution in [0.15, 0.2) is 24.3 Å². The van der Waals surface area contributed by atoms with Crippen LogP contribution in [0.25, 0.3) is 0 Å². The number of likely N-dealkylation sites (tertiary alicyclic amines) is 1. The van der Waals surface area contributed by atoms with Gasteiger partial charge >= 0.3 is 0 Å². The van der Waals surface area contributed by atoms with Crippen molar-refractivity contribution in [2.75, 3.05) is 32.7 Å². The van der Waals surface area contributed by atoms with E-state index < -0.39 is 5.41 Å². The number of nitrogens with zero attached hydrogens (tertiary/aromatic N) is 2. The number of hydrogen-bond donors (Lipinski definition) is 1. The lowest BCUT2D eigenvalue weighted by atomic mass is 9.90. The second-order valence-electron chi connectivity index (χ2n) is 8.65. The van der Waals surface area contributed by atoms with E-state index in [9.17, 15) is 9.59 Å². The third kappa shape index (κ3) is 4.64. The first-order valence-corrected chi connectivity index (χ1v) is 10.2. The molecule has 5 nitrogen and oxygen atoms in total. The van der Waals surface area contributed by atoms with Crippen LogP contribution in [0.4, 0.5) is 0 Å². The van der Waals surface area contributed by atoms with E-state index in [0.717, 1.165) is 38.0 Å². The summed E-state index contributed by atoms with van der Waals surface area (Å²) in [6.07, 6.45) is 1.73. The number of nitrogens with one attached hydrogen (secondary N) is 1. The van der Waals surface area contributed by atoms with Crippen LogP contribution in [0.5, 0.6) is 0 Å². The standard InChI is InChI=1S/C21H30ClN3O2/c1-21(2,3)20(27)24-10-5-7-16(14-24)19(26)25-11-9-23-13-18(25)15-6-4-8-17(22)12-15/h4,6,8,12,16,18,23H,5,7,9-11,13-14H2,1-3H3. The van der Waals surface area contributed by atoms with Crippen molar-refractivity contribution >= 4 is 23.4 Å². The molecule has 0 saturated carbocycles. The van der Waals surface area contributed by atoms with Gasteiger partial charge in [-0.25, -0.2) is 0 Å². The van der Waals surface area contributed by atoms with E-state index in [1.807, 2.05) is 54.8 Å². The molecule has 0 aliphatic carbocycles. The Morgan fingerprint density at radius 2 is 2.00 bits per heavy atom. The summed E-state index contributed by atoms with van der Waals surface area (Å²) in [6, 6.07) is 7.73. The van der Waals surface area contributed by atoms with Crippen LogP contribution in [-0.4, -0.2) is 54.3 Å². The van der Waals surface area contributed by atoms with E-state index in [4.69, 9.17) is 11.6 Å². The summed E-state index contributed by atoms with van der Waals surface area (Å²) in [5, 5.41) is 4.07. The van der Waals surface area contributed by atoms with Crippen molar-refractivity contribution < 1.29 is 9.59 Å². The topological polar surface area (TPSA) is 52.7 Å². The fraction of sp³-hybridized carbons (Fsp3) is 0.619. The number of piperazine rings is 1. The van der Waals surface area contributed by atoms with Crippen molar-refractivity contribution in [2.24, 2.45) is 11.3 Å². The number of piperidine rings is 1. The zero-order valence-corrected chi connectivity index (χ0v) is 17.3. The van der Waals surface area contributed by atoms with Crippen LogP contribution in [0, 0.1) is 11.3 Å². The monoisotopic (exact) mass is 391 g/mol. The summed E-state index contributed by atoms with van der Waals surface area (Å²) in [5.74, 6) is 0.171. The molecule has 1 N–H and O–H groups in total. The van der Waals surface area contributed by atoms with Gasteiger partial charge in [0.05, 0.1) is 12.0 Å². The summed E-state index contributed by atoms with van der Waals surface area (Å²) in [6.45, 7) is 9.29. The second-order valence-corrected chi connectivity index (χ2v) is 9.08. The highest BCUT2D eigenvalue weighted by Gasteiger charge is 2.37. The maximum absolute atomic E-state index is 13.4. The average Bonchev–Trinajstić information content (AvgIpc) is 2.66. The number of halogens is 1. The molecule has 2 saturated heterocycles. The van der Waals surface area contributed by atoms with E-state index in [1.54, 1.807) is 0 Å². The molecule has 2 heterocycles. The molecule has 3 rings (SSSR count). The van der Waals surface area contributed by atoms with Gasteiger partial charge in [0.15, 0.2) is 0 Å². The molecule has 27 heavy (non-hydrogen) atoms. The Labute approximate surface area is 167 Å². The molecule has 0 bridgehead atoms. The summed E-state index contributed by atoms with van der Waals surface area (Å²) < 4.78 is 0. The molecular weight excluding hydrogens is 362 g/mol. The predicted octanol–water partition coefficient (Wildman–Crippen LogP) is 3.10. The molecular formula is C21H30ClN3O2. The largest absolute Gasteiger partial charge is 0.341 e. The summed E-state index contributed by atoms with van der Waals surface area (Å²) in [5.41, 5.74) is 0.644. The highest BCUT2D eigenvalue weighted by molar-refractivity contribution is 6.30. The maximum atomic E-state index is 13.4. The number of hydrogen-bond acceptors (Lipinski definition) is 3. The number of carbonyl (C=O) groups excluding carboxylic acids is 2. The Morgan fingerprint density at radius 3 is 2.70 bits per heavy atom. The lowest BCUT2D eigenvalue weighted by Crippen LogP contribution is -2.54. The molecule has 2 amide bonds.